The number of aromatic nitrogens is 1. The van der Waals surface area contributed by atoms with Crippen LogP contribution in [0.2, 0.25) is 5.02 Å². The molecule has 0 atom stereocenters. The van der Waals surface area contributed by atoms with Gasteiger partial charge in [-0.25, -0.2) is 0 Å². The molecule has 0 radical (unpaired) electrons. The van der Waals surface area contributed by atoms with Gasteiger partial charge >= 0.3 is 0 Å². The Balaban J connectivity index is 1.29. The minimum Gasteiger partial charge on any atom is -0.495 e. The summed E-state index contributed by atoms with van der Waals surface area (Å²) in [6, 6.07) is 17.0. The molecule has 0 saturated carbocycles. The summed E-state index contributed by atoms with van der Waals surface area (Å²) >= 11 is 5.94. The summed E-state index contributed by atoms with van der Waals surface area (Å²) in [5, 5.41) is 7.86. The molecular formula is C23H24ClN3O3. The highest BCUT2D eigenvalue weighted by atomic mass is 35.5. The van der Waals surface area contributed by atoms with Gasteiger partial charge in [0.2, 0.25) is 5.91 Å². The molecule has 0 spiro atoms. The molecule has 0 unspecified atom stereocenters. The highest BCUT2D eigenvalue weighted by Gasteiger charge is 2.26. The van der Waals surface area contributed by atoms with Gasteiger partial charge in [0, 0.05) is 22.6 Å². The lowest BCUT2D eigenvalue weighted by molar-refractivity contribution is -0.121. The average molecular weight is 426 g/mol. The van der Waals surface area contributed by atoms with E-state index in [1.807, 2.05) is 54.6 Å². The number of amides is 1. The largest absolute Gasteiger partial charge is 0.495 e. The van der Waals surface area contributed by atoms with E-state index in [-0.39, 0.29) is 11.8 Å². The molecule has 1 aliphatic rings. The Hall–Kier alpha value is -2.83. The minimum absolute atomic E-state index is 0.00878. The molecule has 1 aliphatic heterocycles. The second-order valence-electron chi connectivity index (χ2n) is 7.43. The fraction of sp³-hybridized carbons (Fsp3) is 0.304. The lowest BCUT2D eigenvalue weighted by Crippen LogP contribution is -2.37. The lowest BCUT2D eigenvalue weighted by atomic mass is 9.95. The molecule has 4 rings (SSSR count). The van der Waals surface area contributed by atoms with Crippen LogP contribution in [0.4, 0.5) is 5.69 Å². The molecule has 2 aromatic carbocycles. The Bertz CT molecular complexity index is 995. The number of carbonyl (C=O) groups excluding carboxylic acids is 1. The van der Waals surface area contributed by atoms with E-state index in [1.165, 1.54) is 0 Å². The van der Waals surface area contributed by atoms with E-state index >= 15 is 0 Å². The zero-order valence-electron chi connectivity index (χ0n) is 16.8. The molecule has 0 aliphatic carbocycles. The maximum atomic E-state index is 12.7. The number of likely N-dealkylation sites (tertiary alicyclic amines) is 1. The Labute approximate surface area is 180 Å². The van der Waals surface area contributed by atoms with Crippen molar-refractivity contribution in [2.45, 2.75) is 19.4 Å². The number of methoxy groups -OCH3 is 1. The van der Waals surface area contributed by atoms with Crippen molar-refractivity contribution in [3.63, 3.8) is 0 Å². The second kappa shape index (κ2) is 9.32. The van der Waals surface area contributed by atoms with Crippen molar-refractivity contribution < 1.29 is 14.1 Å². The monoisotopic (exact) mass is 425 g/mol. The predicted octanol–water partition coefficient (Wildman–Crippen LogP) is 4.85. The third kappa shape index (κ3) is 4.83. The zero-order chi connectivity index (χ0) is 20.9. The zero-order valence-corrected chi connectivity index (χ0v) is 17.6. The number of benzene rings is 2. The summed E-state index contributed by atoms with van der Waals surface area (Å²) in [6.07, 6.45) is 1.61. The number of para-hydroxylation sites is 2. The summed E-state index contributed by atoms with van der Waals surface area (Å²) in [5.41, 5.74) is 2.48. The number of hydrogen-bond acceptors (Lipinski definition) is 5. The van der Waals surface area contributed by atoms with Gasteiger partial charge in [-0.05, 0) is 50.2 Å². The molecule has 30 heavy (non-hydrogen) atoms. The average Bonchev–Trinajstić information content (AvgIpc) is 3.23. The van der Waals surface area contributed by atoms with E-state index in [4.69, 9.17) is 20.9 Å². The van der Waals surface area contributed by atoms with E-state index < -0.39 is 0 Å². The smallest absolute Gasteiger partial charge is 0.227 e. The van der Waals surface area contributed by atoms with Crippen LogP contribution in [-0.4, -0.2) is 36.2 Å². The highest BCUT2D eigenvalue weighted by Crippen LogP contribution is 2.27. The number of carbonyl (C=O) groups is 1. The van der Waals surface area contributed by atoms with Gasteiger partial charge < -0.3 is 14.6 Å². The number of ether oxygens (including phenoxy) is 1. The van der Waals surface area contributed by atoms with Gasteiger partial charge in [-0.1, -0.05) is 41.0 Å². The van der Waals surface area contributed by atoms with E-state index in [1.54, 1.807) is 7.11 Å². The fourth-order valence-corrected chi connectivity index (χ4v) is 3.83. The molecule has 1 amide bonds. The summed E-state index contributed by atoms with van der Waals surface area (Å²) in [5.74, 6) is 1.52. The lowest BCUT2D eigenvalue weighted by Gasteiger charge is -2.30. The Morgan fingerprint density at radius 1 is 1.20 bits per heavy atom. The third-order valence-corrected chi connectivity index (χ3v) is 5.65. The van der Waals surface area contributed by atoms with Gasteiger partial charge in [-0.2, -0.15) is 0 Å². The van der Waals surface area contributed by atoms with Crippen LogP contribution in [0.15, 0.2) is 59.1 Å². The number of nitrogens with one attached hydrogen (secondary N) is 1. The standard InChI is InChI=1S/C23H24ClN3O3/c1-29-22-5-3-2-4-20(22)25-23(28)17-10-12-27(13-11-17)15-19-14-21(26-30-19)16-6-8-18(24)9-7-16/h2-9,14,17H,10-13,15H2,1H3,(H,25,28). The van der Waals surface area contributed by atoms with E-state index in [0.717, 1.165) is 42.9 Å². The van der Waals surface area contributed by atoms with Crippen LogP contribution in [-0.2, 0) is 11.3 Å². The number of anilines is 1. The Kier molecular flexibility index (Phi) is 6.35. The predicted molar refractivity (Wildman–Crippen MR) is 117 cm³/mol. The van der Waals surface area contributed by atoms with Gasteiger partial charge in [0.25, 0.3) is 0 Å². The molecule has 1 N–H and O–H groups in total. The highest BCUT2D eigenvalue weighted by molar-refractivity contribution is 6.30. The van der Waals surface area contributed by atoms with Gasteiger partial charge in [0.1, 0.15) is 11.4 Å². The first kappa shape index (κ1) is 20.4. The maximum Gasteiger partial charge on any atom is 0.227 e. The van der Waals surface area contributed by atoms with Crippen molar-refractivity contribution >= 4 is 23.2 Å². The molecule has 3 aromatic rings. The molecule has 2 heterocycles. The fourth-order valence-electron chi connectivity index (χ4n) is 3.70. The van der Waals surface area contributed by atoms with Crippen molar-refractivity contribution in [1.29, 1.82) is 0 Å². The van der Waals surface area contributed by atoms with Crippen LogP contribution in [0.1, 0.15) is 18.6 Å². The molecule has 1 fully saturated rings. The molecule has 1 aromatic heterocycles. The molecule has 7 heteroatoms. The van der Waals surface area contributed by atoms with Crippen LogP contribution in [0.5, 0.6) is 5.75 Å². The first-order valence-corrected chi connectivity index (χ1v) is 10.4. The first-order valence-electron chi connectivity index (χ1n) is 10.00. The van der Waals surface area contributed by atoms with Crippen molar-refractivity contribution in [1.82, 2.24) is 10.1 Å². The summed E-state index contributed by atoms with van der Waals surface area (Å²) in [6.45, 7) is 2.35. The van der Waals surface area contributed by atoms with E-state index in [0.29, 0.717) is 23.0 Å². The Morgan fingerprint density at radius 2 is 1.93 bits per heavy atom. The van der Waals surface area contributed by atoms with Crippen LogP contribution >= 0.6 is 11.6 Å². The van der Waals surface area contributed by atoms with Crippen LogP contribution < -0.4 is 10.1 Å². The van der Waals surface area contributed by atoms with Gasteiger partial charge in [-0.3, -0.25) is 9.69 Å². The van der Waals surface area contributed by atoms with Crippen LogP contribution in [0.3, 0.4) is 0 Å². The van der Waals surface area contributed by atoms with E-state index in [9.17, 15) is 4.79 Å². The first-order chi connectivity index (χ1) is 14.6. The Morgan fingerprint density at radius 3 is 2.67 bits per heavy atom. The molecule has 0 bridgehead atoms. The number of nitrogens with zero attached hydrogens (tertiary/aromatic N) is 2. The molecular weight excluding hydrogens is 402 g/mol. The number of hydrogen-bond donors (Lipinski definition) is 1. The molecule has 156 valence electrons. The number of halogens is 1. The van der Waals surface area contributed by atoms with Crippen LogP contribution in [0.25, 0.3) is 11.3 Å². The number of rotatable bonds is 6. The second-order valence-corrected chi connectivity index (χ2v) is 7.86. The van der Waals surface area contributed by atoms with E-state index in [2.05, 4.69) is 15.4 Å². The SMILES string of the molecule is COc1ccccc1NC(=O)C1CCN(Cc2cc(-c3ccc(Cl)cc3)no2)CC1. The molecule has 6 nitrogen and oxygen atoms in total. The summed E-state index contributed by atoms with van der Waals surface area (Å²) < 4.78 is 10.8. The van der Waals surface area contributed by atoms with Crippen molar-refractivity contribution in [2.24, 2.45) is 5.92 Å². The van der Waals surface area contributed by atoms with Crippen molar-refractivity contribution in [3.8, 4) is 17.0 Å². The van der Waals surface area contributed by atoms with Gasteiger partial charge in [0.05, 0.1) is 19.3 Å². The maximum absolute atomic E-state index is 12.7. The van der Waals surface area contributed by atoms with Crippen LogP contribution in [0, 0.1) is 5.92 Å². The van der Waals surface area contributed by atoms with Gasteiger partial charge in [-0.15, -0.1) is 0 Å². The van der Waals surface area contributed by atoms with Gasteiger partial charge in [0.15, 0.2) is 5.76 Å². The quantitative estimate of drug-likeness (QED) is 0.611. The normalized spacial score (nSPS) is 15.1. The molecule has 1 saturated heterocycles. The topological polar surface area (TPSA) is 67.6 Å². The summed E-state index contributed by atoms with van der Waals surface area (Å²) in [7, 11) is 1.60. The van der Waals surface area contributed by atoms with Crippen molar-refractivity contribution in [2.75, 3.05) is 25.5 Å². The van der Waals surface area contributed by atoms with Crippen molar-refractivity contribution in [3.05, 3.63) is 65.4 Å². The summed E-state index contributed by atoms with van der Waals surface area (Å²) in [4.78, 5) is 15.0. The number of piperidine rings is 1. The minimum atomic E-state index is -0.00878. The third-order valence-electron chi connectivity index (χ3n) is 5.40.